The number of carbonyl (C=O) groups is 2. The van der Waals surface area contributed by atoms with Crippen molar-refractivity contribution in [2.24, 2.45) is 0 Å². The maximum Gasteiger partial charge on any atom is 0.408 e. The molecule has 1 aromatic heterocycles. The van der Waals surface area contributed by atoms with Crippen LogP contribution < -0.4 is 15.4 Å². The standard InChI is InChI=1S/C27H34N4O5S2/c1-5-20-17-37-25(28-20)23(16-19-11-13-21(14-12-19)31-38(34)35)29-24(32)22(15-18-9-7-6-8-10-18)30-26(33)36-27(2,3)4/h6-14,17,22-23,31H,5,15-16H2,1-4H3,(H,29,32)(H,30,33)(H,34,35)/t22-,23+/m1/s1. The van der Waals surface area contributed by atoms with Crippen molar-refractivity contribution < 1.29 is 23.1 Å². The fourth-order valence-corrected chi connectivity index (χ4v) is 4.96. The third kappa shape index (κ3) is 9.55. The summed E-state index contributed by atoms with van der Waals surface area (Å²) in [6.45, 7) is 7.31. The largest absolute Gasteiger partial charge is 0.444 e. The Bertz CT molecular complexity index is 1230. The topological polar surface area (TPSA) is 130 Å². The first-order valence-electron chi connectivity index (χ1n) is 12.3. The van der Waals surface area contributed by atoms with E-state index in [0.717, 1.165) is 28.2 Å². The molecule has 2 aromatic carbocycles. The molecule has 0 saturated carbocycles. The zero-order chi connectivity index (χ0) is 27.7. The van der Waals surface area contributed by atoms with Crippen LogP contribution in [-0.2, 0) is 40.1 Å². The van der Waals surface area contributed by atoms with Crippen molar-refractivity contribution in [3.8, 4) is 0 Å². The van der Waals surface area contributed by atoms with Crippen LogP contribution in [0.3, 0.4) is 0 Å². The Morgan fingerprint density at radius 3 is 2.26 bits per heavy atom. The number of aromatic nitrogens is 1. The first kappa shape index (κ1) is 29.3. The number of benzene rings is 2. The van der Waals surface area contributed by atoms with E-state index in [2.05, 4.69) is 15.4 Å². The van der Waals surface area contributed by atoms with Crippen LogP contribution in [0.1, 0.15) is 55.6 Å². The Morgan fingerprint density at radius 2 is 1.68 bits per heavy atom. The highest BCUT2D eigenvalue weighted by Crippen LogP contribution is 2.24. The average Bonchev–Trinajstić information content (AvgIpc) is 3.33. The van der Waals surface area contributed by atoms with Gasteiger partial charge in [0.15, 0.2) is 0 Å². The molecule has 0 radical (unpaired) electrons. The number of rotatable bonds is 11. The highest BCUT2D eigenvalue weighted by Gasteiger charge is 2.28. The Balaban J connectivity index is 1.83. The van der Waals surface area contributed by atoms with E-state index < -0.39 is 35.0 Å². The quantitative estimate of drug-likeness (QED) is 0.251. The normalized spacial score (nSPS) is 13.7. The van der Waals surface area contributed by atoms with E-state index >= 15 is 0 Å². The molecule has 0 aliphatic rings. The maximum atomic E-state index is 13.6. The first-order chi connectivity index (χ1) is 18.0. The molecule has 0 aliphatic carbocycles. The third-order valence-electron chi connectivity index (χ3n) is 5.44. The van der Waals surface area contributed by atoms with Crippen LogP contribution in [0.15, 0.2) is 60.0 Å². The molecule has 4 N–H and O–H groups in total. The monoisotopic (exact) mass is 558 g/mol. The van der Waals surface area contributed by atoms with Crippen molar-refractivity contribution in [1.82, 2.24) is 15.6 Å². The van der Waals surface area contributed by atoms with E-state index in [1.54, 1.807) is 32.9 Å². The number of ether oxygens (including phenoxy) is 1. The summed E-state index contributed by atoms with van der Waals surface area (Å²) in [5.41, 5.74) is 2.52. The highest BCUT2D eigenvalue weighted by molar-refractivity contribution is 7.80. The minimum absolute atomic E-state index is 0.287. The molecule has 11 heteroatoms. The molecular formula is C27H34N4O5S2. The van der Waals surface area contributed by atoms with Crippen molar-refractivity contribution >= 4 is 40.3 Å². The van der Waals surface area contributed by atoms with Gasteiger partial charge in [-0.25, -0.2) is 14.0 Å². The number of amides is 2. The number of nitrogens with one attached hydrogen (secondary N) is 3. The lowest BCUT2D eigenvalue weighted by Gasteiger charge is -2.25. The maximum absolute atomic E-state index is 13.6. The molecule has 3 aromatic rings. The fraction of sp³-hybridized carbons (Fsp3) is 0.370. The second-order valence-corrected chi connectivity index (χ2v) is 11.3. The summed E-state index contributed by atoms with van der Waals surface area (Å²) >= 11 is -0.695. The van der Waals surface area contributed by atoms with Crippen LogP contribution in [0.25, 0.3) is 0 Å². The van der Waals surface area contributed by atoms with Gasteiger partial charge in [0, 0.05) is 17.5 Å². The molecule has 0 fully saturated rings. The molecule has 0 aliphatic heterocycles. The van der Waals surface area contributed by atoms with Crippen molar-refractivity contribution in [2.45, 2.75) is 64.6 Å². The van der Waals surface area contributed by atoms with E-state index in [9.17, 15) is 13.8 Å². The molecule has 3 rings (SSSR count). The molecule has 38 heavy (non-hydrogen) atoms. The number of nitrogens with zero attached hydrogens (tertiary/aromatic N) is 1. The summed E-state index contributed by atoms with van der Waals surface area (Å²) < 4.78 is 27.9. The van der Waals surface area contributed by atoms with Crippen molar-refractivity contribution in [3.05, 3.63) is 81.8 Å². The molecule has 1 unspecified atom stereocenters. The number of aryl methyl sites for hydroxylation is 1. The second-order valence-electron chi connectivity index (χ2n) is 9.73. The Kier molecular flexibility index (Phi) is 10.4. The molecule has 0 spiro atoms. The predicted molar refractivity (Wildman–Crippen MR) is 150 cm³/mol. The molecule has 3 atom stereocenters. The lowest BCUT2D eigenvalue weighted by molar-refractivity contribution is -0.124. The summed E-state index contributed by atoms with van der Waals surface area (Å²) in [7, 11) is 0. The van der Waals surface area contributed by atoms with Gasteiger partial charge in [0.25, 0.3) is 11.3 Å². The minimum atomic E-state index is -2.16. The summed E-state index contributed by atoms with van der Waals surface area (Å²) in [5.74, 6) is -0.355. The van der Waals surface area contributed by atoms with Crippen LogP contribution in [0.2, 0.25) is 0 Å². The lowest BCUT2D eigenvalue weighted by atomic mass is 10.0. The van der Waals surface area contributed by atoms with Gasteiger partial charge in [-0.15, -0.1) is 11.3 Å². The molecule has 204 valence electrons. The van der Waals surface area contributed by atoms with Gasteiger partial charge in [-0.05, 0) is 56.9 Å². The van der Waals surface area contributed by atoms with E-state index in [4.69, 9.17) is 14.3 Å². The van der Waals surface area contributed by atoms with E-state index in [-0.39, 0.29) is 12.3 Å². The summed E-state index contributed by atoms with van der Waals surface area (Å²) in [4.78, 5) is 30.9. The number of hydrogen-bond acceptors (Lipinski definition) is 6. The Morgan fingerprint density at radius 1 is 1.03 bits per heavy atom. The van der Waals surface area contributed by atoms with E-state index in [0.29, 0.717) is 12.1 Å². The van der Waals surface area contributed by atoms with Crippen molar-refractivity contribution in [2.75, 3.05) is 4.72 Å². The highest BCUT2D eigenvalue weighted by atomic mass is 32.2. The van der Waals surface area contributed by atoms with Gasteiger partial charge >= 0.3 is 6.09 Å². The van der Waals surface area contributed by atoms with Gasteiger partial charge in [-0.3, -0.25) is 14.1 Å². The van der Waals surface area contributed by atoms with Crippen LogP contribution in [0.4, 0.5) is 10.5 Å². The zero-order valence-corrected chi connectivity index (χ0v) is 23.5. The molecule has 1 heterocycles. The smallest absolute Gasteiger partial charge is 0.408 e. The summed E-state index contributed by atoms with van der Waals surface area (Å²) in [6, 6.07) is 15.2. The van der Waals surface area contributed by atoms with Gasteiger partial charge in [0.05, 0.1) is 11.7 Å². The molecule has 9 nitrogen and oxygen atoms in total. The van der Waals surface area contributed by atoms with Gasteiger partial charge in [-0.2, -0.15) is 0 Å². The van der Waals surface area contributed by atoms with Gasteiger partial charge < -0.3 is 15.4 Å². The van der Waals surface area contributed by atoms with Crippen LogP contribution in [0.5, 0.6) is 0 Å². The second kappa shape index (κ2) is 13.5. The van der Waals surface area contributed by atoms with E-state index in [1.165, 1.54) is 11.3 Å². The van der Waals surface area contributed by atoms with Gasteiger partial charge in [0.2, 0.25) is 5.91 Å². The first-order valence-corrected chi connectivity index (χ1v) is 14.3. The van der Waals surface area contributed by atoms with Crippen LogP contribution in [0, 0.1) is 0 Å². The van der Waals surface area contributed by atoms with Crippen molar-refractivity contribution in [3.63, 3.8) is 0 Å². The Labute approximate surface area is 229 Å². The molecule has 2 amide bonds. The van der Waals surface area contributed by atoms with Gasteiger partial charge in [0.1, 0.15) is 16.7 Å². The number of hydrogen-bond donors (Lipinski definition) is 4. The molecule has 0 bridgehead atoms. The average molecular weight is 559 g/mol. The molecular weight excluding hydrogens is 524 g/mol. The lowest BCUT2D eigenvalue weighted by Crippen LogP contribution is -2.50. The third-order valence-corrected chi connectivity index (χ3v) is 6.85. The number of thiazole rings is 1. The predicted octanol–water partition coefficient (Wildman–Crippen LogP) is 4.79. The van der Waals surface area contributed by atoms with Crippen LogP contribution >= 0.6 is 11.3 Å². The fourth-order valence-electron chi connectivity index (χ4n) is 3.67. The Hall–Kier alpha value is -3.28. The minimum Gasteiger partial charge on any atom is -0.444 e. The van der Waals surface area contributed by atoms with Crippen LogP contribution in [-0.4, -0.2) is 37.4 Å². The number of alkyl carbamates (subject to hydrolysis) is 1. The summed E-state index contributed by atoms with van der Waals surface area (Å²) in [5, 5.41) is 8.55. The zero-order valence-electron chi connectivity index (χ0n) is 21.9. The summed E-state index contributed by atoms with van der Waals surface area (Å²) in [6.07, 6.45) is 0.828. The van der Waals surface area contributed by atoms with E-state index in [1.807, 2.05) is 54.8 Å². The van der Waals surface area contributed by atoms with Crippen molar-refractivity contribution in [1.29, 1.82) is 0 Å². The molecule has 0 saturated heterocycles. The number of anilines is 1. The SMILES string of the molecule is CCc1csc([C@H](Cc2ccc(NS(=O)O)cc2)NC(=O)[C@@H](Cc2ccccc2)NC(=O)OC(C)(C)C)n1. The van der Waals surface area contributed by atoms with Gasteiger partial charge in [-0.1, -0.05) is 49.4 Å². The number of carbonyl (C=O) groups excluding carboxylic acids is 2.